The summed E-state index contributed by atoms with van der Waals surface area (Å²) in [7, 11) is -4.10. The smallest absolute Gasteiger partial charge is 0.271 e. The summed E-state index contributed by atoms with van der Waals surface area (Å²) in [4.78, 5) is 12.6. The molecule has 1 aliphatic rings. The zero-order chi connectivity index (χ0) is 22.2. The van der Waals surface area contributed by atoms with Crippen molar-refractivity contribution in [1.29, 1.82) is 0 Å². The van der Waals surface area contributed by atoms with Crippen LogP contribution in [0.5, 0.6) is 0 Å². The van der Waals surface area contributed by atoms with Gasteiger partial charge in [-0.1, -0.05) is 5.16 Å². The lowest BCUT2D eigenvalue weighted by molar-refractivity contribution is -0.117. The summed E-state index contributed by atoms with van der Waals surface area (Å²) in [6.45, 7) is 1.70. The van der Waals surface area contributed by atoms with E-state index in [-0.39, 0.29) is 16.0 Å². The Hall–Kier alpha value is -3.05. The number of carbonyl (C=O) groups excluding carboxylic acids is 1. The van der Waals surface area contributed by atoms with E-state index in [1.165, 1.54) is 6.07 Å². The minimum atomic E-state index is -4.10. The number of aromatic nitrogens is 1. The molecule has 0 bridgehead atoms. The van der Waals surface area contributed by atoms with Crippen LogP contribution in [0.1, 0.15) is 29.2 Å². The molecule has 2 heterocycles. The molecule has 11 heteroatoms. The fourth-order valence-electron chi connectivity index (χ4n) is 2.72. The molecule has 7 nitrogen and oxygen atoms in total. The maximum Gasteiger partial charge on any atom is 0.271 e. The largest absolute Gasteiger partial charge is 0.354 e. The van der Waals surface area contributed by atoms with Crippen molar-refractivity contribution >= 4 is 50.8 Å². The molecule has 2 N–H and O–H groups in total. The fourth-order valence-corrected chi connectivity index (χ4v) is 5.01. The van der Waals surface area contributed by atoms with E-state index in [9.17, 15) is 22.0 Å². The molecule has 2 aromatic heterocycles. The van der Waals surface area contributed by atoms with Crippen LogP contribution in [0.15, 0.2) is 39.1 Å². The highest BCUT2D eigenvalue weighted by Gasteiger charge is 2.30. The summed E-state index contributed by atoms with van der Waals surface area (Å²) in [5.41, 5.74) is 0.531. The van der Waals surface area contributed by atoms with E-state index in [1.54, 1.807) is 25.1 Å². The molecular formula is C20H17F2N3O4S2. The molecule has 0 spiro atoms. The standard InChI is InChI=1S/C20H17F2N3O4S2/c1-11-19(23-20(26)12-2-3-12)17(29-24-11)8-5-14-6-9-18(30-14)31(27,28)25-16-10-13(21)4-7-15(16)22/h4-10,12,25H,2-3H2,1H3,(H,23,26)/b8-5+. The third kappa shape index (κ3) is 4.83. The first kappa shape index (κ1) is 21.2. The van der Waals surface area contributed by atoms with Gasteiger partial charge in [-0.25, -0.2) is 17.2 Å². The highest BCUT2D eigenvalue weighted by atomic mass is 32.2. The van der Waals surface area contributed by atoms with Gasteiger partial charge in [0.25, 0.3) is 10.0 Å². The molecule has 0 atom stereocenters. The Morgan fingerprint density at radius 1 is 1.23 bits per heavy atom. The van der Waals surface area contributed by atoms with Gasteiger partial charge in [-0.15, -0.1) is 11.3 Å². The van der Waals surface area contributed by atoms with Crippen LogP contribution in [0.2, 0.25) is 0 Å². The second-order valence-electron chi connectivity index (χ2n) is 6.99. The normalized spacial score (nSPS) is 14.2. The van der Waals surface area contributed by atoms with Crippen LogP contribution in [0.3, 0.4) is 0 Å². The number of nitrogens with zero attached hydrogens (tertiary/aromatic N) is 1. The summed E-state index contributed by atoms with van der Waals surface area (Å²) in [6.07, 6.45) is 4.91. The Morgan fingerprint density at radius 3 is 2.74 bits per heavy atom. The molecule has 0 aliphatic heterocycles. The van der Waals surface area contributed by atoms with Crippen molar-refractivity contribution in [1.82, 2.24) is 5.16 Å². The molecule has 0 unspecified atom stereocenters. The van der Waals surface area contributed by atoms with Gasteiger partial charge < -0.3 is 9.84 Å². The summed E-state index contributed by atoms with van der Waals surface area (Å²) in [5.74, 6) is -1.37. The van der Waals surface area contributed by atoms with E-state index in [0.29, 0.717) is 22.0 Å². The molecule has 1 fully saturated rings. The van der Waals surface area contributed by atoms with Gasteiger partial charge in [0.1, 0.15) is 27.2 Å². The van der Waals surface area contributed by atoms with Crippen molar-refractivity contribution in [2.75, 3.05) is 10.0 Å². The predicted octanol–water partition coefficient (Wildman–Crippen LogP) is 4.64. The average Bonchev–Trinajstić information content (AvgIpc) is 3.36. The molecule has 1 amide bonds. The number of sulfonamides is 1. The first-order valence-corrected chi connectivity index (χ1v) is 11.6. The zero-order valence-corrected chi connectivity index (χ0v) is 17.8. The molecule has 0 saturated heterocycles. The lowest BCUT2D eigenvalue weighted by atomic mass is 10.2. The number of hydrogen-bond acceptors (Lipinski definition) is 6. The van der Waals surface area contributed by atoms with Crippen molar-refractivity contribution in [3.05, 3.63) is 58.3 Å². The van der Waals surface area contributed by atoms with E-state index in [4.69, 9.17) is 4.52 Å². The van der Waals surface area contributed by atoms with Gasteiger partial charge in [-0.05, 0) is 56.2 Å². The summed E-state index contributed by atoms with van der Waals surface area (Å²) < 4.78 is 59.3. The molecular weight excluding hydrogens is 448 g/mol. The number of rotatable bonds is 7. The number of thiophene rings is 1. The fraction of sp³-hybridized carbons (Fsp3) is 0.200. The molecule has 4 rings (SSSR count). The number of halogens is 2. The number of carbonyl (C=O) groups is 1. The Kier molecular flexibility index (Phi) is 5.63. The van der Waals surface area contributed by atoms with Crippen molar-refractivity contribution < 1.29 is 26.5 Å². The van der Waals surface area contributed by atoms with Gasteiger partial charge in [0.2, 0.25) is 5.91 Å². The van der Waals surface area contributed by atoms with Crippen LogP contribution < -0.4 is 10.0 Å². The van der Waals surface area contributed by atoms with E-state index in [2.05, 4.69) is 10.5 Å². The second kappa shape index (κ2) is 8.23. The number of anilines is 2. The number of hydrogen-bond donors (Lipinski definition) is 2. The monoisotopic (exact) mass is 465 g/mol. The van der Waals surface area contributed by atoms with Crippen molar-refractivity contribution in [2.45, 2.75) is 24.0 Å². The molecule has 31 heavy (non-hydrogen) atoms. The first-order valence-electron chi connectivity index (χ1n) is 9.26. The van der Waals surface area contributed by atoms with Crippen molar-refractivity contribution in [3.63, 3.8) is 0 Å². The highest BCUT2D eigenvalue weighted by Crippen LogP contribution is 2.32. The highest BCUT2D eigenvalue weighted by molar-refractivity contribution is 7.94. The van der Waals surface area contributed by atoms with E-state index in [1.807, 2.05) is 4.72 Å². The predicted molar refractivity (Wildman–Crippen MR) is 113 cm³/mol. The van der Waals surface area contributed by atoms with Crippen LogP contribution in [-0.4, -0.2) is 19.5 Å². The van der Waals surface area contributed by atoms with E-state index in [0.717, 1.165) is 42.4 Å². The Bertz CT molecular complexity index is 1280. The molecule has 162 valence electrons. The summed E-state index contributed by atoms with van der Waals surface area (Å²) in [5, 5.41) is 6.67. The summed E-state index contributed by atoms with van der Waals surface area (Å²) in [6, 6.07) is 5.42. The lowest BCUT2D eigenvalue weighted by Gasteiger charge is -2.07. The average molecular weight is 466 g/mol. The van der Waals surface area contributed by atoms with Gasteiger partial charge in [-0.3, -0.25) is 9.52 Å². The molecule has 1 aliphatic carbocycles. The molecule has 1 aromatic carbocycles. The Labute approximate surface area is 180 Å². The summed E-state index contributed by atoms with van der Waals surface area (Å²) >= 11 is 0.927. The third-order valence-electron chi connectivity index (χ3n) is 4.52. The van der Waals surface area contributed by atoms with Crippen molar-refractivity contribution in [3.8, 4) is 0 Å². The Balaban J connectivity index is 1.51. The molecule has 3 aromatic rings. The topological polar surface area (TPSA) is 101 Å². The first-order chi connectivity index (χ1) is 14.7. The van der Waals surface area contributed by atoms with Crippen molar-refractivity contribution in [2.24, 2.45) is 5.92 Å². The van der Waals surface area contributed by atoms with Gasteiger partial charge in [0, 0.05) is 16.9 Å². The van der Waals surface area contributed by atoms with Crippen LogP contribution in [0.4, 0.5) is 20.2 Å². The lowest BCUT2D eigenvalue weighted by Crippen LogP contribution is -2.14. The quantitative estimate of drug-likeness (QED) is 0.529. The molecule has 0 radical (unpaired) electrons. The SMILES string of the molecule is Cc1noc(/C=C/c2ccc(S(=O)(=O)Nc3cc(F)ccc3F)s2)c1NC(=O)C1CC1. The number of aryl methyl sites for hydroxylation is 1. The second-order valence-corrected chi connectivity index (χ2v) is 10.0. The zero-order valence-electron chi connectivity index (χ0n) is 16.2. The van der Waals surface area contributed by atoms with Gasteiger partial charge in [0.15, 0.2) is 5.76 Å². The number of benzene rings is 1. The van der Waals surface area contributed by atoms with Gasteiger partial charge in [0.05, 0.1) is 5.69 Å². The van der Waals surface area contributed by atoms with E-state index >= 15 is 0 Å². The molecule has 1 saturated carbocycles. The maximum atomic E-state index is 13.8. The number of nitrogens with one attached hydrogen (secondary N) is 2. The third-order valence-corrected chi connectivity index (χ3v) is 7.43. The van der Waals surface area contributed by atoms with Crippen LogP contribution >= 0.6 is 11.3 Å². The van der Waals surface area contributed by atoms with Crippen LogP contribution in [0.25, 0.3) is 12.2 Å². The Morgan fingerprint density at radius 2 is 2.00 bits per heavy atom. The minimum Gasteiger partial charge on any atom is -0.354 e. The number of amides is 1. The van der Waals surface area contributed by atoms with E-state index < -0.39 is 27.3 Å². The van der Waals surface area contributed by atoms with Gasteiger partial charge in [-0.2, -0.15) is 0 Å². The van der Waals surface area contributed by atoms with Crippen LogP contribution in [-0.2, 0) is 14.8 Å². The van der Waals surface area contributed by atoms with Crippen LogP contribution in [0, 0.1) is 24.5 Å². The minimum absolute atomic E-state index is 0.0200. The maximum absolute atomic E-state index is 13.8. The van der Waals surface area contributed by atoms with Gasteiger partial charge >= 0.3 is 0 Å².